The highest BCUT2D eigenvalue weighted by atomic mass is 19.1. The molecular weight excluding hydrogens is 229 g/mol. The van der Waals surface area contributed by atoms with Crippen LogP contribution in [0.25, 0.3) is 0 Å². The fraction of sp³-hybridized carbons (Fsp3) is 0.182. The van der Waals surface area contributed by atoms with Crippen LogP contribution in [0, 0.1) is 0 Å². The van der Waals surface area contributed by atoms with Gasteiger partial charge in [-0.1, -0.05) is 30.3 Å². The van der Waals surface area contributed by atoms with Crippen LogP contribution in [0.1, 0.15) is 11.6 Å². The molecule has 5 nitrogen and oxygen atoms in total. The van der Waals surface area contributed by atoms with Crippen molar-refractivity contribution < 1.29 is 24.2 Å². The topological polar surface area (TPSA) is 87.0 Å². The van der Waals surface area contributed by atoms with E-state index in [2.05, 4.69) is 4.99 Å². The Morgan fingerprint density at radius 1 is 1.24 bits per heavy atom. The van der Waals surface area contributed by atoms with Crippen LogP contribution >= 0.6 is 0 Å². The Kier molecular flexibility index (Phi) is 4.33. The zero-order valence-electron chi connectivity index (χ0n) is 8.71. The Bertz CT molecular complexity index is 444. The van der Waals surface area contributed by atoms with Gasteiger partial charge in [-0.3, -0.25) is 4.99 Å². The van der Waals surface area contributed by atoms with Gasteiger partial charge in [-0.2, -0.15) is 0 Å². The molecule has 0 heterocycles. The van der Waals surface area contributed by atoms with E-state index in [1.165, 1.54) is 12.1 Å². The number of alkyl halides is 1. The van der Waals surface area contributed by atoms with Gasteiger partial charge in [0, 0.05) is 0 Å². The third kappa shape index (κ3) is 3.37. The van der Waals surface area contributed by atoms with E-state index in [1.54, 1.807) is 18.2 Å². The van der Waals surface area contributed by atoms with E-state index in [1.807, 2.05) is 0 Å². The molecule has 0 amide bonds. The largest absolute Gasteiger partial charge is 0.479 e. The van der Waals surface area contributed by atoms with Crippen LogP contribution in [0.15, 0.2) is 35.3 Å². The molecule has 0 bridgehead atoms. The lowest BCUT2D eigenvalue weighted by Crippen LogP contribution is -2.19. The van der Waals surface area contributed by atoms with Gasteiger partial charge in [0.15, 0.2) is 11.8 Å². The quantitative estimate of drug-likeness (QED) is 0.758. The highest BCUT2D eigenvalue weighted by Crippen LogP contribution is 2.17. The third-order valence-corrected chi connectivity index (χ3v) is 2.01. The predicted molar refractivity (Wildman–Crippen MR) is 57.9 cm³/mol. The van der Waals surface area contributed by atoms with E-state index in [4.69, 9.17) is 10.2 Å². The van der Waals surface area contributed by atoms with E-state index in [0.717, 1.165) is 0 Å². The summed E-state index contributed by atoms with van der Waals surface area (Å²) in [5.74, 6) is -2.89. The molecule has 6 heteroatoms. The van der Waals surface area contributed by atoms with Gasteiger partial charge in [-0.05, 0) is 5.56 Å². The second-order valence-electron chi connectivity index (χ2n) is 3.17. The smallest absolute Gasteiger partial charge is 0.352 e. The minimum atomic E-state index is -1.56. The van der Waals surface area contributed by atoms with Crippen LogP contribution in [0.5, 0.6) is 0 Å². The summed E-state index contributed by atoms with van der Waals surface area (Å²) in [6, 6.07) is 6.44. The Hall–Kier alpha value is -2.24. The van der Waals surface area contributed by atoms with E-state index in [-0.39, 0.29) is 0 Å². The fourth-order valence-corrected chi connectivity index (χ4v) is 1.21. The molecule has 0 aliphatic carbocycles. The van der Waals surface area contributed by atoms with E-state index in [0.29, 0.717) is 5.56 Å². The van der Waals surface area contributed by atoms with Crippen molar-refractivity contribution in [2.75, 3.05) is 6.67 Å². The molecule has 0 aliphatic heterocycles. The molecule has 1 atom stereocenters. The van der Waals surface area contributed by atoms with Gasteiger partial charge in [0.2, 0.25) is 0 Å². The SMILES string of the molecule is O=C(O)C(CF)=NC(C(=O)O)c1ccccc1. The molecule has 17 heavy (non-hydrogen) atoms. The fourth-order valence-electron chi connectivity index (χ4n) is 1.21. The number of carboxylic acids is 2. The lowest BCUT2D eigenvalue weighted by atomic mass is 10.1. The predicted octanol–water partition coefficient (Wildman–Crippen LogP) is 1.31. The third-order valence-electron chi connectivity index (χ3n) is 2.01. The first kappa shape index (κ1) is 12.8. The second-order valence-corrected chi connectivity index (χ2v) is 3.17. The van der Waals surface area contributed by atoms with E-state index >= 15 is 0 Å². The minimum Gasteiger partial charge on any atom is -0.479 e. The first-order valence-corrected chi connectivity index (χ1v) is 4.70. The van der Waals surface area contributed by atoms with Gasteiger partial charge in [-0.15, -0.1) is 0 Å². The molecule has 2 N–H and O–H groups in total. The molecule has 90 valence electrons. The maximum Gasteiger partial charge on any atom is 0.352 e. The molecule has 0 saturated heterocycles. The summed E-state index contributed by atoms with van der Waals surface area (Å²) < 4.78 is 12.3. The maximum absolute atomic E-state index is 12.3. The summed E-state index contributed by atoms with van der Waals surface area (Å²) in [5, 5.41) is 17.5. The molecule has 1 aromatic carbocycles. The molecule has 1 unspecified atom stereocenters. The first-order valence-electron chi connectivity index (χ1n) is 4.70. The molecule has 0 aromatic heterocycles. The number of carbonyl (C=O) groups is 2. The van der Waals surface area contributed by atoms with E-state index in [9.17, 15) is 14.0 Å². The lowest BCUT2D eigenvalue weighted by Gasteiger charge is -2.08. The number of aliphatic imine (C=N–C) groups is 1. The zero-order chi connectivity index (χ0) is 12.8. The zero-order valence-corrected chi connectivity index (χ0v) is 8.71. The van der Waals surface area contributed by atoms with Gasteiger partial charge in [0.25, 0.3) is 0 Å². The van der Waals surface area contributed by atoms with Crippen LogP contribution in [0.4, 0.5) is 4.39 Å². The number of benzene rings is 1. The highest BCUT2D eigenvalue weighted by molar-refractivity contribution is 6.36. The summed E-state index contributed by atoms with van der Waals surface area (Å²) in [7, 11) is 0. The van der Waals surface area contributed by atoms with Crippen LogP contribution in [-0.2, 0) is 9.59 Å². The van der Waals surface area contributed by atoms with Crippen LogP contribution in [-0.4, -0.2) is 34.5 Å². The van der Waals surface area contributed by atoms with Crippen molar-refractivity contribution >= 4 is 17.7 Å². The second kappa shape index (κ2) is 5.74. The number of rotatable bonds is 5. The average molecular weight is 239 g/mol. The number of nitrogens with zero attached hydrogens (tertiary/aromatic N) is 1. The Morgan fingerprint density at radius 2 is 1.82 bits per heavy atom. The minimum absolute atomic E-state index is 0.298. The molecule has 1 rings (SSSR count). The van der Waals surface area contributed by atoms with Crippen molar-refractivity contribution in [2.45, 2.75) is 6.04 Å². The number of aliphatic carboxylic acids is 2. The Labute approximate surface area is 96.2 Å². The number of carboxylic acid groups (broad SMARTS) is 2. The lowest BCUT2D eigenvalue weighted by molar-refractivity contribution is -0.138. The maximum atomic E-state index is 12.3. The van der Waals surface area contributed by atoms with Crippen LogP contribution in [0.2, 0.25) is 0 Å². The standard InChI is InChI=1S/C11H10FNO4/c12-6-8(10(14)15)13-9(11(16)17)7-4-2-1-3-5-7/h1-5,9H,6H2,(H,14,15)(H,16,17). The molecule has 0 fully saturated rings. The van der Waals surface area contributed by atoms with E-state index < -0.39 is 30.4 Å². The molecule has 0 spiro atoms. The van der Waals surface area contributed by atoms with Crippen molar-refractivity contribution in [1.29, 1.82) is 0 Å². The summed E-state index contributed by atoms with van der Waals surface area (Å²) in [6.45, 7) is -1.31. The van der Waals surface area contributed by atoms with Crippen molar-refractivity contribution in [3.05, 3.63) is 35.9 Å². The number of hydrogen-bond acceptors (Lipinski definition) is 3. The van der Waals surface area contributed by atoms with Crippen molar-refractivity contribution in [2.24, 2.45) is 4.99 Å². The van der Waals surface area contributed by atoms with Gasteiger partial charge >= 0.3 is 11.9 Å². The average Bonchev–Trinajstić information content (AvgIpc) is 2.30. The highest BCUT2D eigenvalue weighted by Gasteiger charge is 2.21. The summed E-state index contributed by atoms with van der Waals surface area (Å²) in [4.78, 5) is 24.9. The van der Waals surface area contributed by atoms with Crippen LogP contribution < -0.4 is 0 Å². The van der Waals surface area contributed by atoms with Crippen molar-refractivity contribution in [3.63, 3.8) is 0 Å². The van der Waals surface area contributed by atoms with Crippen molar-refractivity contribution in [3.8, 4) is 0 Å². The van der Waals surface area contributed by atoms with Crippen LogP contribution in [0.3, 0.4) is 0 Å². The summed E-state index contributed by atoms with van der Waals surface area (Å²) in [5.41, 5.74) is -0.506. The van der Waals surface area contributed by atoms with Gasteiger partial charge in [-0.25, -0.2) is 14.0 Å². The molecule has 0 saturated carbocycles. The van der Waals surface area contributed by atoms with Gasteiger partial charge in [0.05, 0.1) is 0 Å². The monoisotopic (exact) mass is 239 g/mol. The summed E-state index contributed by atoms with van der Waals surface area (Å²) >= 11 is 0. The first-order chi connectivity index (χ1) is 8.06. The summed E-state index contributed by atoms with van der Waals surface area (Å²) in [6.07, 6.45) is 0. The molecular formula is C11H10FNO4. The Morgan fingerprint density at radius 3 is 2.24 bits per heavy atom. The molecule has 0 aliphatic rings. The number of hydrogen-bond donors (Lipinski definition) is 2. The molecule has 1 aromatic rings. The normalized spacial score (nSPS) is 13.1. The van der Waals surface area contributed by atoms with Gasteiger partial charge in [0.1, 0.15) is 6.67 Å². The van der Waals surface area contributed by atoms with Crippen molar-refractivity contribution in [1.82, 2.24) is 0 Å². The Balaban J connectivity index is 3.11. The number of halogens is 1. The molecule has 0 radical (unpaired) electrons. The van der Waals surface area contributed by atoms with Gasteiger partial charge < -0.3 is 10.2 Å².